The first-order valence-electron chi connectivity index (χ1n) is 3.95. The second kappa shape index (κ2) is 4.60. The van der Waals surface area contributed by atoms with Crippen molar-refractivity contribution in [3.8, 4) is 0 Å². The molecule has 0 aliphatic heterocycles. The molecule has 0 radical (unpaired) electrons. The molecular weight excluding hydrogens is 216 g/mol. The van der Waals surface area contributed by atoms with Crippen molar-refractivity contribution in [3.05, 3.63) is 34.3 Å². The van der Waals surface area contributed by atoms with Crippen molar-refractivity contribution in [2.24, 2.45) is 11.5 Å². The molecule has 0 saturated heterocycles. The quantitative estimate of drug-likeness (QED) is 0.830. The zero-order valence-corrected chi connectivity index (χ0v) is 8.42. The zero-order chi connectivity index (χ0) is 8.97. The molecule has 4 N–H and O–H groups in total. The summed E-state index contributed by atoms with van der Waals surface area (Å²) in [7, 11) is 0. The lowest BCUT2D eigenvalue weighted by molar-refractivity contribution is 0.659. The zero-order valence-electron chi connectivity index (χ0n) is 6.83. The molecule has 2 nitrogen and oxygen atoms in total. The predicted molar refractivity (Wildman–Crippen MR) is 54.7 cm³/mol. The Morgan fingerprint density at radius 3 is 2.58 bits per heavy atom. The maximum absolute atomic E-state index is 5.90. The predicted octanol–water partition coefficient (Wildman–Crippen LogP) is 1.80. The van der Waals surface area contributed by atoms with Gasteiger partial charge >= 0.3 is 0 Å². The average molecular weight is 229 g/mol. The maximum atomic E-state index is 5.90. The second-order valence-corrected chi connectivity index (χ2v) is 3.56. The third-order valence-corrected chi connectivity index (χ3v) is 2.50. The van der Waals surface area contributed by atoms with E-state index in [1.54, 1.807) is 0 Å². The lowest BCUT2D eigenvalue weighted by atomic mass is 10.1. The lowest BCUT2D eigenvalue weighted by Gasteiger charge is -2.11. The van der Waals surface area contributed by atoms with Crippen LogP contribution in [0, 0.1) is 0 Å². The van der Waals surface area contributed by atoms with Crippen molar-refractivity contribution >= 4 is 15.9 Å². The van der Waals surface area contributed by atoms with Gasteiger partial charge in [0.1, 0.15) is 0 Å². The van der Waals surface area contributed by atoms with Crippen LogP contribution >= 0.6 is 15.9 Å². The van der Waals surface area contributed by atoms with E-state index in [1.165, 1.54) is 0 Å². The van der Waals surface area contributed by atoms with E-state index in [0.717, 1.165) is 16.5 Å². The molecule has 0 amide bonds. The van der Waals surface area contributed by atoms with Crippen LogP contribution in [0.15, 0.2) is 28.7 Å². The summed E-state index contributed by atoms with van der Waals surface area (Å²) >= 11 is 3.45. The molecule has 1 aromatic rings. The third kappa shape index (κ3) is 2.30. The van der Waals surface area contributed by atoms with Gasteiger partial charge in [0.25, 0.3) is 0 Å². The molecule has 12 heavy (non-hydrogen) atoms. The topological polar surface area (TPSA) is 52.0 Å². The van der Waals surface area contributed by atoms with E-state index in [9.17, 15) is 0 Å². The van der Waals surface area contributed by atoms with E-state index in [2.05, 4.69) is 15.9 Å². The highest BCUT2D eigenvalue weighted by atomic mass is 79.9. The average Bonchev–Trinajstić information content (AvgIpc) is 2.05. The van der Waals surface area contributed by atoms with E-state index in [0.29, 0.717) is 6.54 Å². The smallest absolute Gasteiger partial charge is 0.0318 e. The number of rotatable bonds is 3. The Morgan fingerprint density at radius 2 is 2.00 bits per heavy atom. The van der Waals surface area contributed by atoms with Gasteiger partial charge in [0, 0.05) is 10.5 Å². The van der Waals surface area contributed by atoms with Crippen LogP contribution in [-0.4, -0.2) is 6.54 Å². The number of hydrogen-bond acceptors (Lipinski definition) is 2. The molecule has 0 spiro atoms. The van der Waals surface area contributed by atoms with Crippen LogP contribution in [0.2, 0.25) is 0 Å². The Kier molecular flexibility index (Phi) is 3.72. The van der Waals surface area contributed by atoms with Crippen molar-refractivity contribution in [1.82, 2.24) is 0 Å². The molecule has 0 saturated carbocycles. The van der Waals surface area contributed by atoms with E-state index in [1.807, 2.05) is 24.3 Å². The highest BCUT2D eigenvalue weighted by Crippen LogP contribution is 2.22. The fraction of sp³-hybridized carbons (Fsp3) is 0.333. The van der Waals surface area contributed by atoms with Gasteiger partial charge in [0.2, 0.25) is 0 Å². The first-order valence-corrected chi connectivity index (χ1v) is 4.75. The summed E-state index contributed by atoms with van der Waals surface area (Å²) in [5, 5.41) is 0. The minimum Gasteiger partial charge on any atom is -0.330 e. The van der Waals surface area contributed by atoms with Gasteiger partial charge < -0.3 is 11.5 Å². The Balaban J connectivity index is 2.79. The summed E-state index contributed by atoms with van der Waals surface area (Å²) in [6.45, 7) is 0.627. The molecule has 1 aromatic carbocycles. The molecule has 0 aliphatic rings. The van der Waals surface area contributed by atoms with E-state index in [4.69, 9.17) is 11.5 Å². The van der Waals surface area contributed by atoms with Crippen molar-refractivity contribution < 1.29 is 0 Å². The van der Waals surface area contributed by atoms with Crippen molar-refractivity contribution in [2.75, 3.05) is 6.54 Å². The maximum Gasteiger partial charge on any atom is 0.0318 e. The van der Waals surface area contributed by atoms with E-state index in [-0.39, 0.29) is 6.04 Å². The van der Waals surface area contributed by atoms with Crippen molar-refractivity contribution in [2.45, 2.75) is 12.5 Å². The first-order chi connectivity index (χ1) is 5.75. The Bertz CT molecular complexity index is 250. The second-order valence-electron chi connectivity index (χ2n) is 2.71. The molecule has 3 heteroatoms. The van der Waals surface area contributed by atoms with Gasteiger partial charge in [-0.3, -0.25) is 0 Å². The summed E-state index contributed by atoms with van der Waals surface area (Å²) in [6, 6.07) is 8.01. The molecule has 0 fully saturated rings. The van der Waals surface area contributed by atoms with E-state index >= 15 is 0 Å². The molecule has 0 bridgehead atoms. The summed E-state index contributed by atoms with van der Waals surface area (Å²) in [5.41, 5.74) is 12.4. The normalized spacial score (nSPS) is 12.9. The van der Waals surface area contributed by atoms with Crippen LogP contribution in [0.5, 0.6) is 0 Å². The summed E-state index contributed by atoms with van der Waals surface area (Å²) < 4.78 is 1.06. The lowest BCUT2D eigenvalue weighted by Crippen LogP contribution is -2.15. The molecule has 0 heterocycles. The van der Waals surface area contributed by atoms with Gasteiger partial charge in [-0.05, 0) is 24.6 Å². The van der Waals surface area contributed by atoms with Gasteiger partial charge in [0.05, 0.1) is 0 Å². The monoisotopic (exact) mass is 228 g/mol. The SMILES string of the molecule is NCC[C@H](N)c1ccccc1Br. The standard InChI is InChI=1S/C9H13BrN2/c10-8-4-2-1-3-7(8)9(12)5-6-11/h1-4,9H,5-6,11-12H2/t9-/m0/s1. The van der Waals surface area contributed by atoms with Crippen LogP contribution in [-0.2, 0) is 0 Å². The Hall–Kier alpha value is -0.380. The van der Waals surface area contributed by atoms with Crippen LogP contribution in [0.1, 0.15) is 18.0 Å². The van der Waals surface area contributed by atoms with Crippen LogP contribution in [0.4, 0.5) is 0 Å². The van der Waals surface area contributed by atoms with Gasteiger partial charge in [-0.1, -0.05) is 34.1 Å². The number of halogens is 1. The number of hydrogen-bond donors (Lipinski definition) is 2. The van der Waals surface area contributed by atoms with Crippen LogP contribution < -0.4 is 11.5 Å². The number of benzene rings is 1. The molecule has 0 unspecified atom stereocenters. The molecular formula is C9H13BrN2. The summed E-state index contributed by atoms with van der Waals surface area (Å²) in [6.07, 6.45) is 0.822. The van der Waals surface area contributed by atoms with E-state index < -0.39 is 0 Å². The highest BCUT2D eigenvalue weighted by Gasteiger charge is 2.06. The molecule has 0 aliphatic carbocycles. The Labute approximate surface area is 81.1 Å². The summed E-state index contributed by atoms with van der Waals surface area (Å²) in [4.78, 5) is 0. The van der Waals surface area contributed by atoms with Gasteiger partial charge in [-0.15, -0.1) is 0 Å². The minimum atomic E-state index is 0.0468. The van der Waals surface area contributed by atoms with Crippen LogP contribution in [0.25, 0.3) is 0 Å². The largest absolute Gasteiger partial charge is 0.330 e. The van der Waals surface area contributed by atoms with Gasteiger partial charge in [-0.25, -0.2) is 0 Å². The summed E-state index contributed by atoms with van der Waals surface area (Å²) in [5.74, 6) is 0. The van der Waals surface area contributed by atoms with Crippen LogP contribution in [0.3, 0.4) is 0 Å². The van der Waals surface area contributed by atoms with Gasteiger partial charge in [0.15, 0.2) is 0 Å². The minimum absolute atomic E-state index is 0.0468. The molecule has 1 rings (SSSR count). The molecule has 0 aromatic heterocycles. The Morgan fingerprint density at radius 1 is 1.33 bits per heavy atom. The van der Waals surface area contributed by atoms with Crippen molar-refractivity contribution in [3.63, 3.8) is 0 Å². The fourth-order valence-electron chi connectivity index (χ4n) is 1.11. The van der Waals surface area contributed by atoms with Crippen molar-refractivity contribution in [1.29, 1.82) is 0 Å². The molecule has 1 atom stereocenters. The third-order valence-electron chi connectivity index (χ3n) is 1.78. The highest BCUT2D eigenvalue weighted by molar-refractivity contribution is 9.10. The first kappa shape index (κ1) is 9.71. The fourth-order valence-corrected chi connectivity index (χ4v) is 1.69. The van der Waals surface area contributed by atoms with Gasteiger partial charge in [-0.2, -0.15) is 0 Å². The number of nitrogens with two attached hydrogens (primary N) is 2. The molecule has 66 valence electrons.